The van der Waals surface area contributed by atoms with Crippen molar-refractivity contribution in [1.82, 2.24) is 0 Å². The van der Waals surface area contributed by atoms with Crippen LogP contribution in [0.4, 0.5) is 34.1 Å². The van der Waals surface area contributed by atoms with Crippen LogP contribution in [0.15, 0.2) is 191 Å². The Labute approximate surface area is 358 Å². The van der Waals surface area contributed by atoms with Gasteiger partial charge in [-0.25, -0.2) is 0 Å². The smallest absolute Gasteiger partial charge is 0.0468 e. The Balaban J connectivity index is 0.999. The van der Waals surface area contributed by atoms with Gasteiger partial charge in [-0.1, -0.05) is 144 Å². The van der Waals surface area contributed by atoms with Gasteiger partial charge in [0, 0.05) is 53.9 Å². The fourth-order valence-electron chi connectivity index (χ4n) is 9.38. The van der Waals surface area contributed by atoms with Gasteiger partial charge < -0.3 is 9.80 Å². The van der Waals surface area contributed by atoms with Crippen LogP contribution in [-0.2, 0) is 10.8 Å². The third-order valence-electron chi connectivity index (χ3n) is 12.4. The van der Waals surface area contributed by atoms with Crippen LogP contribution in [0, 0.1) is 0 Å². The molecule has 0 heterocycles. The third-order valence-corrected chi connectivity index (χ3v) is 13.5. The van der Waals surface area contributed by atoms with Gasteiger partial charge in [0.2, 0.25) is 0 Å². The first-order valence-corrected chi connectivity index (χ1v) is 21.5. The predicted octanol–water partition coefficient (Wildman–Crippen LogP) is 16.4. The number of anilines is 6. The molecule has 0 radical (unpaired) electrons. The maximum atomic E-state index is 3.65. The fourth-order valence-corrected chi connectivity index (χ4v) is 9.90. The first-order valence-electron chi connectivity index (χ1n) is 19.9. The summed E-state index contributed by atoms with van der Waals surface area (Å²) in [5, 5.41) is 0. The summed E-state index contributed by atoms with van der Waals surface area (Å²) < 4.78 is 2.12. The summed E-state index contributed by atoms with van der Waals surface area (Å²) >= 11 is 7.31. The highest BCUT2D eigenvalue weighted by Crippen LogP contribution is 2.52. The summed E-state index contributed by atoms with van der Waals surface area (Å²) in [4.78, 5) is 4.72. The molecule has 0 bridgehead atoms. The molecule has 0 aliphatic heterocycles. The molecule has 0 spiro atoms. The lowest BCUT2D eigenvalue weighted by molar-refractivity contribution is 0.660. The van der Waals surface area contributed by atoms with E-state index in [1.807, 2.05) is 0 Å². The summed E-state index contributed by atoms with van der Waals surface area (Å²) in [5.41, 5.74) is 19.7. The summed E-state index contributed by atoms with van der Waals surface area (Å²) in [6, 6.07) is 66.8. The topological polar surface area (TPSA) is 6.48 Å². The van der Waals surface area contributed by atoms with Crippen LogP contribution in [0.5, 0.6) is 0 Å². The molecule has 0 aromatic heterocycles. The van der Waals surface area contributed by atoms with Crippen LogP contribution < -0.4 is 9.80 Å². The van der Waals surface area contributed by atoms with Crippen molar-refractivity contribution in [2.45, 2.75) is 38.5 Å². The summed E-state index contributed by atoms with van der Waals surface area (Å²) in [7, 11) is 0. The monoisotopic (exact) mass is 876 g/mol. The molecule has 58 heavy (non-hydrogen) atoms. The van der Waals surface area contributed by atoms with E-state index in [9.17, 15) is 0 Å². The lowest BCUT2D eigenvalue weighted by atomic mass is 9.82. The van der Waals surface area contributed by atoms with Gasteiger partial charge in [0.1, 0.15) is 0 Å². The molecule has 8 aromatic rings. The summed E-state index contributed by atoms with van der Waals surface area (Å²) in [6.07, 6.45) is 0. The molecule has 0 fully saturated rings. The Bertz CT molecular complexity index is 2640. The number of hydrogen-bond donors (Lipinski definition) is 0. The van der Waals surface area contributed by atoms with E-state index in [1.54, 1.807) is 0 Å². The molecular weight excluding hydrogens is 836 g/mol. The fraction of sp³-hybridized carbons (Fsp3) is 0.111. The van der Waals surface area contributed by atoms with E-state index in [2.05, 4.69) is 251 Å². The van der Waals surface area contributed by atoms with E-state index < -0.39 is 0 Å². The van der Waals surface area contributed by atoms with E-state index >= 15 is 0 Å². The molecule has 0 unspecified atom stereocenters. The van der Waals surface area contributed by atoms with Crippen LogP contribution >= 0.6 is 31.9 Å². The van der Waals surface area contributed by atoms with Crippen molar-refractivity contribution in [2.75, 3.05) is 9.80 Å². The highest BCUT2D eigenvalue weighted by atomic mass is 79.9. The molecule has 2 nitrogen and oxygen atoms in total. The zero-order valence-corrected chi connectivity index (χ0v) is 36.1. The van der Waals surface area contributed by atoms with Gasteiger partial charge in [-0.15, -0.1) is 0 Å². The standard InChI is InChI=1S/C54H42Br2N2/c1-53(2)49-11-7-5-9-45(49)47-33-43(29-31-51(47)53)57(41-25-17-37(55)18-26-41)39-21-13-35(14-22-39)36-15-23-40(24-16-36)58(42-27-19-38(56)20-28-42)44-30-32-52-48(34-44)46-10-6-8-12-50(46)54(52,3)4/h5-34H,1-4H3. The maximum Gasteiger partial charge on any atom is 0.0468 e. The van der Waals surface area contributed by atoms with Gasteiger partial charge >= 0.3 is 0 Å². The van der Waals surface area contributed by atoms with E-state index in [0.29, 0.717) is 0 Å². The quantitative estimate of drug-likeness (QED) is 0.157. The summed E-state index contributed by atoms with van der Waals surface area (Å²) in [6.45, 7) is 9.33. The van der Waals surface area contributed by atoms with E-state index in [1.165, 1.54) is 55.6 Å². The van der Waals surface area contributed by atoms with Crippen molar-refractivity contribution in [3.8, 4) is 33.4 Å². The number of halogens is 2. The van der Waals surface area contributed by atoms with Crippen molar-refractivity contribution >= 4 is 66.0 Å². The number of rotatable bonds is 7. The zero-order valence-electron chi connectivity index (χ0n) is 33.0. The Morgan fingerprint density at radius 3 is 0.966 bits per heavy atom. The molecule has 0 saturated carbocycles. The van der Waals surface area contributed by atoms with Crippen molar-refractivity contribution in [1.29, 1.82) is 0 Å². The molecule has 0 amide bonds. The number of benzene rings is 8. The normalized spacial score (nSPS) is 14.0. The lowest BCUT2D eigenvalue weighted by Gasteiger charge is -2.28. The Hall–Kier alpha value is -5.68. The van der Waals surface area contributed by atoms with Crippen molar-refractivity contribution < 1.29 is 0 Å². The Kier molecular flexibility index (Phi) is 8.85. The second-order valence-corrected chi connectivity index (χ2v) is 18.3. The molecule has 0 atom stereocenters. The van der Waals surface area contributed by atoms with Crippen molar-refractivity contribution in [3.63, 3.8) is 0 Å². The van der Waals surface area contributed by atoms with Gasteiger partial charge in [-0.3, -0.25) is 0 Å². The number of nitrogens with zero attached hydrogens (tertiary/aromatic N) is 2. The molecular formula is C54H42Br2N2. The third kappa shape index (κ3) is 6.04. The summed E-state index contributed by atoms with van der Waals surface area (Å²) in [5.74, 6) is 0. The van der Waals surface area contributed by atoms with Gasteiger partial charge in [0.05, 0.1) is 0 Å². The van der Waals surface area contributed by atoms with Gasteiger partial charge in [-0.2, -0.15) is 0 Å². The molecule has 10 rings (SSSR count). The molecule has 0 saturated heterocycles. The number of fused-ring (bicyclic) bond motifs is 6. The average Bonchev–Trinajstić information content (AvgIpc) is 3.62. The molecule has 0 N–H and O–H groups in total. The zero-order chi connectivity index (χ0) is 39.8. The van der Waals surface area contributed by atoms with Gasteiger partial charge in [-0.05, 0) is 153 Å². The van der Waals surface area contributed by atoms with Crippen LogP contribution in [0.1, 0.15) is 49.9 Å². The van der Waals surface area contributed by atoms with Gasteiger partial charge in [0.15, 0.2) is 0 Å². The molecule has 282 valence electrons. The van der Waals surface area contributed by atoms with Crippen LogP contribution in [0.3, 0.4) is 0 Å². The molecule has 2 aliphatic rings. The number of hydrogen-bond acceptors (Lipinski definition) is 2. The van der Waals surface area contributed by atoms with E-state index in [0.717, 1.165) is 43.1 Å². The van der Waals surface area contributed by atoms with Crippen LogP contribution in [0.25, 0.3) is 33.4 Å². The second-order valence-electron chi connectivity index (χ2n) is 16.5. The van der Waals surface area contributed by atoms with Crippen LogP contribution in [-0.4, -0.2) is 0 Å². The van der Waals surface area contributed by atoms with Crippen molar-refractivity contribution in [2.24, 2.45) is 0 Å². The minimum atomic E-state index is -0.0378. The van der Waals surface area contributed by atoms with Crippen LogP contribution in [0.2, 0.25) is 0 Å². The first-order chi connectivity index (χ1) is 28.1. The maximum absolute atomic E-state index is 3.65. The minimum absolute atomic E-state index is 0.0378. The highest BCUT2D eigenvalue weighted by molar-refractivity contribution is 9.10. The Morgan fingerprint density at radius 1 is 0.310 bits per heavy atom. The Morgan fingerprint density at radius 2 is 0.603 bits per heavy atom. The minimum Gasteiger partial charge on any atom is -0.310 e. The SMILES string of the molecule is CC1(C)c2ccccc2-c2cc(N(c3ccc(Br)cc3)c3ccc(-c4ccc(N(c5ccc(Br)cc5)c5ccc6c(c5)-c5ccccc5C6(C)C)cc4)cc3)ccc21. The molecule has 4 heteroatoms. The molecule has 8 aromatic carbocycles. The first kappa shape index (κ1) is 36.6. The lowest BCUT2D eigenvalue weighted by Crippen LogP contribution is -2.15. The molecule has 2 aliphatic carbocycles. The highest BCUT2D eigenvalue weighted by Gasteiger charge is 2.37. The predicted molar refractivity (Wildman–Crippen MR) is 252 cm³/mol. The second kappa shape index (κ2) is 14.0. The van der Waals surface area contributed by atoms with E-state index in [4.69, 9.17) is 0 Å². The van der Waals surface area contributed by atoms with Gasteiger partial charge in [0.25, 0.3) is 0 Å². The largest absolute Gasteiger partial charge is 0.310 e. The van der Waals surface area contributed by atoms with E-state index in [-0.39, 0.29) is 10.8 Å². The average molecular weight is 879 g/mol. The van der Waals surface area contributed by atoms with Crippen molar-refractivity contribution in [3.05, 3.63) is 213 Å².